The summed E-state index contributed by atoms with van der Waals surface area (Å²) in [5, 5.41) is 1.44. The van der Waals surface area contributed by atoms with Crippen LogP contribution in [-0.2, 0) is 0 Å². The molecule has 4 N–H and O–H groups in total. The fourth-order valence-electron chi connectivity index (χ4n) is 2.46. The molecule has 0 amide bonds. The summed E-state index contributed by atoms with van der Waals surface area (Å²) < 4.78 is 0. The molecule has 3 rings (SSSR count). The maximum Gasteiger partial charge on any atom is 0.148 e. The van der Waals surface area contributed by atoms with E-state index in [2.05, 4.69) is 23.0 Å². The molecule has 4 nitrogen and oxygen atoms in total. The number of nitrogens with two attached hydrogens (primary N) is 2. The first-order chi connectivity index (χ1) is 10.1. The molecule has 0 aliphatic rings. The van der Waals surface area contributed by atoms with E-state index in [-0.39, 0.29) is 11.7 Å². The highest BCUT2D eigenvalue weighted by Gasteiger charge is 2.15. The highest BCUT2D eigenvalue weighted by atomic mass is 35.5. The van der Waals surface area contributed by atoms with Crippen LogP contribution in [0.15, 0.2) is 42.6 Å². The number of benzene rings is 1. The van der Waals surface area contributed by atoms with Gasteiger partial charge in [-0.3, -0.25) is 4.98 Å². The zero-order valence-corrected chi connectivity index (χ0v) is 12.3. The molecule has 0 bridgehead atoms. The van der Waals surface area contributed by atoms with Crippen molar-refractivity contribution < 1.29 is 0 Å². The Morgan fingerprint density at radius 3 is 2.76 bits per heavy atom. The number of nitrogens with zero attached hydrogens (tertiary/aromatic N) is 2. The van der Waals surface area contributed by atoms with Gasteiger partial charge in [0.1, 0.15) is 11.0 Å². The monoisotopic (exact) mass is 298 g/mol. The van der Waals surface area contributed by atoms with Gasteiger partial charge in [-0.2, -0.15) is 0 Å². The molecule has 0 aliphatic heterocycles. The molecule has 5 heteroatoms. The van der Waals surface area contributed by atoms with Crippen LogP contribution in [0.1, 0.15) is 24.0 Å². The maximum atomic E-state index is 6.04. The van der Waals surface area contributed by atoms with Crippen LogP contribution in [0.2, 0.25) is 5.15 Å². The molecule has 0 saturated heterocycles. The van der Waals surface area contributed by atoms with Crippen LogP contribution in [0.25, 0.3) is 10.9 Å². The maximum absolute atomic E-state index is 6.04. The van der Waals surface area contributed by atoms with Crippen molar-refractivity contribution >= 4 is 34.0 Å². The van der Waals surface area contributed by atoms with Crippen molar-refractivity contribution in [2.45, 2.75) is 12.8 Å². The van der Waals surface area contributed by atoms with E-state index in [4.69, 9.17) is 23.1 Å². The molecule has 0 saturated carbocycles. The van der Waals surface area contributed by atoms with Gasteiger partial charge < -0.3 is 11.5 Å². The number of anilines is 2. The van der Waals surface area contributed by atoms with Crippen molar-refractivity contribution in [2.24, 2.45) is 0 Å². The number of fused-ring (bicyclic) bond motifs is 1. The Hall–Kier alpha value is -2.33. The van der Waals surface area contributed by atoms with Gasteiger partial charge in [-0.25, -0.2) is 4.98 Å². The minimum atomic E-state index is 0.0670. The lowest BCUT2D eigenvalue weighted by Crippen LogP contribution is -2.06. The summed E-state index contributed by atoms with van der Waals surface area (Å²) in [6, 6.07) is 11.9. The fraction of sp³-hybridized carbons (Fsp3) is 0.125. The van der Waals surface area contributed by atoms with Crippen molar-refractivity contribution in [3.63, 3.8) is 0 Å². The van der Waals surface area contributed by atoms with E-state index < -0.39 is 0 Å². The van der Waals surface area contributed by atoms with Gasteiger partial charge in [0.25, 0.3) is 0 Å². The van der Waals surface area contributed by atoms with E-state index in [1.165, 1.54) is 0 Å². The number of hydrogen-bond acceptors (Lipinski definition) is 4. The minimum Gasteiger partial charge on any atom is -0.396 e. The number of aromatic nitrogens is 2. The summed E-state index contributed by atoms with van der Waals surface area (Å²) in [5.74, 6) is 0.337. The molecular formula is C16H15ClN4. The normalized spacial score (nSPS) is 12.5. The SMILES string of the molecule is CC(c1ccc2ncccc2c1)c1cc(Cl)nc(N)c1N. The van der Waals surface area contributed by atoms with Crippen LogP contribution in [-0.4, -0.2) is 9.97 Å². The summed E-state index contributed by atoms with van der Waals surface area (Å²) in [4.78, 5) is 8.29. The van der Waals surface area contributed by atoms with E-state index in [1.54, 1.807) is 12.3 Å². The highest BCUT2D eigenvalue weighted by Crippen LogP contribution is 2.33. The molecule has 3 aromatic rings. The second kappa shape index (κ2) is 5.22. The van der Waals surface area contributed by atoms with Gasteiger partial charge in [-0.1, -0.05) is 30.7 Å². The van der Waals surface area contributed by atoms with Gasteiger partial charge >= 0.3 is 0 Å². The number of nitrogen functional groups attached to an aromatic ring is 2. The second-order valence-corrected chi connectivity index (χ2v) is 5.40. The predicted octanol–water partition coefficient (Wildman–Crippen LogP) is 3.60. The summed E-state index contributed by atoms with van der Waals surface area (Å²) in [6.07, 6.45) is 1.78. The van der Waals surface area contributed by atoms with Crippen LogP contribution in [0.5, 0.6) is 0 Å². The number of rotatable bonds is 2. The van der Waals surface area contributed by atoms with E-state index >= 15 is 0 Å². The molecule has 106 valence electrons. The quantitative estimate of drug-likeness (QED) is 0.709. The van der Waals surface area contributed by atoms with Crippen LogP contribution >= 0.6 is 11.6 Å². The fourth-order valence-corrected chi connectivity index (χ4v) is 2.67. The molecule has 1 aromatic carbocycles. The number of hydrogen-bond donors (Lipinski definition) is 2. The highest BCUT2D eigenvalue weighted by molar-refractivity contribution is 6.29. The summed E-state index contributed by atoms with van der Waals surface area (Å²) in [7, 11) is 0. The Bertz CT molecular complexity index is 816. The zero-order valence-electron chi connectivity index (χ0n) is 11.5. The van der Waals surface area contributed by atoms with Crippen molar-refractivity contribution in [1.29, 1.82) is 0 Å². The Labute approximate surface area is 127 Å². The topological polar surface area (TPSA) is 77.8 Å². The van der Waals surface area contributed by atoms with Gasteiger partial charge in [0.2, 0.25) is 0 Å². The summed E-state index contributed by atoms with van der Waals surface area (Å²) in [6.45, 7) is 2.07. The molecule has 0 fully saturated rings. The van der Waals surface area contributed by atoms with Gasteiger partial charge in [-0.15, -0.1) is 0 Å². The molecule has 0 radical (unpaired) electrons. The zero-order chi connectivity index (χ0) is 15.0. The lowest BCUT2D eigenvalue weighted by Gasteiger charge is -2.16. The standard InChI is InChI=1S/C16H15ClN4/c1-9(12-8-14(17)21-16(19)15(12)18)10-4-5-13-11(7-10)3-2-6-20-13/h2-9H,18H2,1H3,(H2,19,21). The molecule has 0 aliphatic carbocycles. The number of halogens is 1. The third-order valence-corrected chi connectivity index (χ3v) is 3.88. The molecule has 21 heavy (non-hydrogen) atoms. The van der Waals surface area contributed by atoms with Crippen LogP contribution in [0.4, 0.5) is 11.5 Å². The largest absolute Gasteiger partial charge is 0.396 e. The van der Waals surface area contributed by atoms with Crippen LogP contribution in [0.3, 0.4) is 0 Å². The summed E-state index contributed by atoms with van der Waals surface area (Å²) >= 11 is 5.99. The van der Waals surface area contributed by atoms with Gasteiger partial charge in [-0.05, 0) is 35.4 Å². The van der Waals surface area contributed by atoms with E-state index in [1.807, 2.05) is 24.3 Å². The average molecular weight is 299 g/mol. The van der Waals surface area contributed by atoms with E-state index in [9.17, 15) is 0 Å². The van der Waals surface area contributed by atoms with E-state index in [0.29, 0.717) is 10.8 Å². The molecular weight excluding hydrogens is 284 g/mol. The molecule has 2 aromatic heterocycles. The predicted molar refractivity (Wildman–Crippen MR) is 87.3 cm³/mol. The van der Waals surface area contributed by atoms with Gasteiger partial charge in [0.05, 0.1) is 11.2 Å². The lowest BCUT2D eigenvalue weighted by molar-refractivity contribution is 0.924. The Balaban J connectivity index is 2.10. The minimum absolute atomic E-state index is 0.0670. The third-order valence-electron chi connectivity index (χ3n) is 3.68. The Kier molecular flexibility index (Phi) is 3.39. The average Bonchev–Trinajstić information content (AvgIpc) is 2.49. The van der Waals surface area contributed by atoms with Gasteiger partial charge in [0.15, 0.2) is 0 Å². The van der Waals surface area contributed by atoms with Crippen molar-refractivity contribution in [3.05, 3.63) is 58.9 Å². The van der Waals surface area contributed by atoms with Crippen molar-refractivity contribution in [2.75, 3.05) is 11.5 Å². The molecule has 0 spiro atoms. The molecule has 1 unspecified atom stereocenters. The Morgan fingerprint density at radius 1 is 1.14 bits per heavy atom. The molecule has 2 heterocycles. The van der Waals surface area contributed by atoms with Crippen LogP contribution < -0.4 is 11.5 Å². The third kappa shape index (κ3) is 2.50. The Morgan fingerprint density at radius 2 is 1.95 bits per heavy atom. The second-order valence-electron chi connectivity index (χ2n) is 5.01. The first-order valence-electron chi connectivity index (χ1n) is 6.62. The van der Waals surface area contributed by atoms with E-state index in [0.717, 1.165) is 22.0 Å². The molecule has 1 atom stereocenters. The smallest absolute Gasteiger partial charge is 0.148 e. The van der Waals surface area contributed by atoms with Crippen LogP contribution in [0, 0.1) is 0 Å². The van der Waals surface area contributed by atoms with Crippen molar-refractivity contribution in [1.82, 2.24) is 9.97 Å². The first kappa shape index (κ1) is 13.6. The first-order valence-corrected chi connectivity index (χ1v) is 7.00. The van der Waals surface area contributed by atoms with Crippen molar-refractivity contribution in [3.8, 4) is 0 Å². The summed E-state index contributed by atoms with van der Waals surface area (Å²) in [5.41, 5.74) is 15.3. The van der Waals surface area contributed by atoms with Gasteiger partial charge in [0, 0.05) is 17.5 Å². The lowest BCUT2D eigenvalue weighted by atomic mass is 9.91. The number of pyridine rings is 2.